The second-order valence-electron chi connectivity index (χ2n) is 9.87. The molecule has 2 aromatic heterocycles. The average molecular weight is 490 g/mol. The first-order valence-electron chi connectivity index (χ1n) is 12.3. The third-order valence-electron chi connectivity index (χ3n) is 5.99. The molecule has 2 aliphatic heterocycles. The molecule has 1 aromatic carbocycles. The molecule has 4 heterocycles. The number of carbonyl (C=O) groups is 1. The summed E-state index contributed by atoms with van der Waals surface area (Å²) in [5.74, 6) is 3.23. The number of nitrogens with one attached hydrogen (secondary N) is 1. The summed E-state index contributed by atoms with van der Waals surface area (Å²) >= 11 is 0. The number of nitrogens with zero attached hydrogens (tertiary/aromatic N) is 6. The highest BCUT2D eigenvalue weighted by atomic mass is 16.6. The fourth-order valence-electron chi connectivity index (χ4n) is 4.24. The van der Waals surface area contributed by atoms with Crippen LogP contribution in [0.5, 0.6) is 5.75 Å². The lowest BCUT2D eigenvalue weighted by Crippen LogP contribution is -2.44. The summed E-state index contributed by atoms with van der Waals surface area (Å²) in [6, 6.07) is 11.9. The van der Waals surface area contributed by atoms with Crippen molar-refractivity contribution in [2.75, 3.05) is 36.5 Å². The van der Waals surface area contributed by atoms with E-state index in [0.29, 0.717) is 49.6 Å². The van der Waals surface area contributed by atoms with Gasteiger partial charge in [-0.25, -0.2) is 19.7 Å². The molecule has 0 radical (unpaired) electrons. The molecule has 36 heavy (non-hydrogen) atoms. The average Bonchev–Trinajstić information content (AvgIpc) is 2.88. The number of anilines is 3. The van der Waals surface area contributed by atoms with Crippen LogP contribution in [0.25, 0.3) is 11.4 Å². The van der Waals surface area contributed by atoms with Gasteiger partial charge in [-0.15, -0.1) is 0 Å². The van der Waals surface area contributed by atoms with Gasteiger partial charge in [-0.05, 0) is 39.7 Å². The van der Waals surface area contributed by atoms with Gasteiger partial charge >= 0.3 is 6.09 Å². The molecule has 0 spiro atoms. The van der Waals surface area contributed by atoms with Crippen LogP contribution in [0, 0.1) is 0 Å². The van der Waals surface area contributed by atoms with Crippen LogP contribution in [0.15, 0.2) is 48.8 Å². The predicted molar refractivity (Wildman–Crippen MR) is 136 cm³/mol. The molecule has 0 atom stereocenters. The Morgan fingerprint density at radius 1 is 1.06 bits per heavy atom. The second kappa shape index (κ2) is 9.96. The number of rotatable bonds is 4. The molecule has 1 fully saturated rings. The molecule has 0 saturated carbocycles. The molecule has 5 rings (SSSR count). The molecule has 0 aliphatic carbocycles. The fraction of sp³-hybridized carbons (Fsp3) is 0.423. The normalized spacial score (nSPS) is 16.2. The quantitative estimate of drug-likeness (QED) is 0.575. The van der Waals surface area contributed by atoms with Crippen molar-refractivity contribution in [3.63, 3.8) is 0 Å². The largest absolute Gasteiger partial charge is 0.486 e. The van der Waals surface area contributed by atoms with E-state index >= 15 is 0 Å². The summed E-state index contributed by atoms with van der Waals surface area (Å²) in [6.45, 7) is 8.02. The van der Waals surface area contributed by atoms with E-state index in [2.05, 4.69) is 15.3 Å². The third kappa shape index (κ3) is 5.48. The number of piperidine rings is 1. The highest BCUT2D eigenvalue weighted by Gasteiger charge is 2.28. The Bertz CT molecular complexity index is 1210. The number of hydrogen-bond donors (Lipinski definition) is 1. The van der Waals surface area contributed by atoms with Gasteiger partial charge in [0.2, 0.25) is 5.95 Å². The van der Waals surface area contributed by atoms with Gasteiger partial charge in [0.1, 0.15) is 18.0 Å². The maximum Gasteiger partial charge on any atom is 0.410 e. The summed E-state index contributed by atoms with van der Waals surface area (Å²) in [5.41, 5.74) is 0.444. The molecule has 2 aliphatic rings. The van der Waals surface area contributed by atoms with E-state index in [1.807, 2.05) is 62.1 Å². The number of ether oxygens (including phenoxy) is 2. The van der Waals surface area contributed by atoms with Gasteiger partial charge in [0.25, 0.3) is 0 Å². The number of carbonyl (C=O) groups excluding carboxylic acids is 1. The van der Waals surface area contributed by atoms with Gasteiger partial charge in [0.05, 0.1) is 12.7 Å². The molecule has 0 unspecified atom stereocenters. The monoisotopic (exact) mass is 489 g/mol. The van der Waals surface area contributed by atoms with E-state index in [-0.39, 0.29) is 12.1 Å². The maximum atomic E-state index is 12.3. The van der Waals surface area contributed by atoms with E-state index in [4.69, 9.17) is 19.4 Å². The number of benzene rings is 1. The molecule has 1 saturated heterocycles. The van der Waals surface area contributed by atoms with E-state index in [0.717, 1.165) is 24.2 Å². The van der Waals surface area contributed by atoms with Gasteiger partial charge < -0.3 is 24.6 Å². The zero-order valence-corrected chi connectivity index (χ0v) is 20.8. The Morgan fingerprint density at radius 3 is 2.58 bits per heavy atom. The van der Waals surface area contributed by atoms with Crippen LogP contribution in [0.2, 0.25) is 0 Å². The van der Waals surface area contributed by atoms with Crippen molar-refractivity contribution in [3.05, 3.63) is 48.8 Å². The summed E-state index contributed by atoms with van der Waals surface area (Å²) in [6.07, 6.45) is 4.79. The lowest BCUT2D eigenvalue weighted by molar-refractivity contribution is 0.0210. The smallest absolute Gasteiger partial charge is 0.410 e. The summed E-state index contributed by atoms with van der Waals surface area (Å²) in [4.78, 5) is 34.6. The van der Waals surface area contributed by atoms with Crippen LogP contribution in [0.4, 0.5) is 22.4 Å². The molecule has 3 aromatic rings. The molecular formula is C26H31N7O3. The molecule has 1 N–H and O–H groups in total. The van der Waals surface area contributed by atoms with E-state index in [1.54, 1.807) is 17.3 Å². The second-order valence-corrected chi connectivity index (χ2v) is 9.87. The molecule has 0 bridgehead atoms. The Labute approximate surface area is 210 Å². The minimum Gasteiger partial charge on any atom is -0.486 e. The first-order chi connectivity index (χ1) is 17.4. The van der Waals surface area contributed by atoms with Crippen molar-refractivity contribution >= 4 is 23.7 Å². The van der Waals surface area contributed by atoms with Crippen molar-refractivity contribution in [3.8, 4) is 17.1 Å². The molecule has 10 heteroatoms. The van der Waals surface area contributed by atoms with Gasteiger partial charge in [0, 0.05) is 30.9 Å². The highest BCUT2D eigenvalue weighted by Crippen LogP contribution is 2.35. The van der Waals surface area contributed by atoms with E-state index in [1.165, 1.54) is 0 Å². The Balaban J connectivity index is 1.28. The summed E-state index contributed by atoms with van der Waals surface area (Å²) < 4.78 is 11.3. The minimum absolute atomic E-state index is 0.169. The SMILES string of the molecule is CC(C)(C)OC(=O)N1CCC(Nc2nccc(N3CCOc4cnc(-c5ccccc5)nc43)n2)CC1. The van der Waals surface area contributed by atoms with Crippen molar-refractivity contribution < 1.29 is 14.3 Å². The standard InChI is InChI=1S/C26H31N7O3/c1-26(2,3)36-25(34)32-13-10-19(11-14-32)29-24-27-12-9-21(30-24)33-15-16-35-20-17-28-22(31-23(20)33)18-7-5-4-6-8-18/h4-9,12,17,19H,10-11,13-16H2,1-3H3,(H,27,29,30). The van der Waals surface area contributed by atoms with E-state index in [9.17, 15) is 4.79 Å². The fourth-order valence-corrected chi connectivity index (χ4v) is 4.24. The maximum absolute atomic E-state index is 12.3. The number of likely N-dealkylation sites (tertiary alicyclic amines) is 1. The lowest BCUT2D eigenvalue weighted by Gasteiger charge is -2.34. The number of hydrogen-bond acceptors (Lipinski definition) is 9. The van der Waals surface area contributed by atoms with Crippen molar-refractivity contribution in [2.45, 2.75) is 45.3 Å². The van der Waals surface area contributed by atoms with Gasteiger partial charge in [-0.1, -0.05) is 30.3 Å². The highest BCUT2D eigenvalue weighted by molar-refractivity contribution is 5.69. The Kier molecular flexibility index (Phi) is 6.58. The van der Waals surface area contributed by atoms with Crippen LogP contribution < -0.4 is 15.0 Å². The zero-order chi connectivity index (χ0) is 25.1. The third-order valence-corrected chi connectivity index (χ3v) is 5.99. The summed E-state index contributed by atoms with van der Waals surface area (Å²) in [5, 5.41) is 3.44. The van der Waals surface area contributed by atoms with Gasteiger partial charge in [-0.3, -0.25) is 0 Å². The van der Waals surface area contributed by atoms with Gasteiger partial charge in [0.15, 0.2) is 17.4 Å². The minimum atomic E-state index is -0.495. The first kappa shape index (κ1) is 23.8. The van der Waals surface area contributed by atoms with Crippen molar-refractivity contribution in [1.82, 2.24) is 24.8 Å². The number of aromatic nitrogens is 4. The number of fused-ring (bicyclic) bond motifs is 1. The van der Waals surface area contributed by atoms with Crippen LogP contribution in [-0.4, -0.2) is 68.8 Å². The Morgan fingerprint density at radius 2 is 1.83 bits per heavy atom. The lowest BCUT2D eigenvalue weighted by atomic mass is 10.1. The zero-order valence-electron chi connectivity index (χ0n) is 20.8. The number of amides is 1. The first-order valence-corrected chi connectivity index (χ1v) is 12.3. The van der Waals surface area contributed by atoms with Crippen molar-refractivity contribution in [1.29, 1.82) is 0 Å². The van der Waals surface area contributed by atoms with Gasteiger partial charge in [-0.2, -0.15) is 4.98 Å². The van der Waals surface area contributed by atoms with Crippen molar-refractivity contribution in [2.24, 2.45) is 0 Å². The molecular weight excluding hydrogens is 458 g/mol. The topological polar surface area (TPSA) is 106 Å². The molecule has 1 amide bonds. The molecule has 10 nitrogen and oxygen atoms in total. The van der Waals surface area contributed by atoms with Crippen LogP contribution in [0.1, 0.15) is 33.6 Å². The predicted octanol–water partition coefficient (Wildman–Crippen LogP) is 4.28. The Hall–Kier alpha value is -3.95. The van der Waals surface area contributed by atoms with Crippen LogP contribution in [0.3, 0.4) is 0 Å². The van der Waals surface area contributed by atoms with Crippen LogP contribution >= 0.6 is 0 Å². The molecule has 188 valence electrons. The van der Waals surface area contributed by atoms with E-state index < -0.39 is 5.60 Å². The summed E-state index contributed by atoms with van der Waals surface area (Å²) in [7, 11) is 0. The van der Waals surface area contributed by atoms with Crippen LogP contribution in [-0.2, 0) is 4.74 Å².